The summed E-state index contributed by atoms with van der Waals surface area (Å²) in [5.41, 5.74) is 4.53. The molecule has 1 atom stereocenters. The first-order valence-electron chi connectivity index (χ1n) is 6.69. The van der Waals surface area contributed by atoms with Crippen LogP contribution in [-0.2, 0) is 11.8 Å². The van der Waals surface area contributed by atoms with E-state index in [-0.39, 0.29) is 0 Å². The van der Waals surface area contributed by atoms with Gasteiger partial charge in [-0.1, -0.05) is 26.3 Å². The Balaban J connectivity index is 2.45. The molecular weight excluding hydrogens is 194 g/mol. The number of pyridine rings is 1. The van der Waals surface area contributed by atoms with Gasteiger partial charge in [-0.3, -0.25) is 4.98 Å². The summed E-state index contributed by atoms with van der Waals surface area (Å²) in [7, 11) is 0. The zero-order valence-electron chi connectivity index (χ0n) is 10.8. The predicted molar refractivity (Wildman–Crippen MR) is 68.8 cm³/mol. The number of aryl methyl sites for hydroxylation is 2. The van der Waals surface area contributed by atoms with Gasteiger partial charge in [-0.05, 0) is 56.1 Å². The third-order valence-corrected chi connectivity index (χ3v) is 4.16. The molecule has 0 N–H and O–H groups in total. The van der Waals surface area contributed by atoms with E-state index in [1.807, 2.05) is 0 Å². The monoisotopic (exact) mass is 217 g/mol. The van der Waals surface area contributed by atoms with Gasteiger partial charge in [-0.2, -0.15) is 0 Å². The molecule has 1 aliphatic carbocycles. The molecule has 0 amide bonds. The lowest BCUT2D eigenvalue weighted by Gasteiger charge is -2.38. The molecule has 0 radical (unpaired) electrons. The van der Waals surface area contributed by atoms with Gasteiger partial charge in [0.05, 0.1) is 0 Å². The molecule has 0 saturated heterocycles. The van der Waals surface area contributed by atoms with Gasteiger partial charge in [0.1, 0.15) is 0 Å². The molecule has 1 aliphatic rings. The number of hydrogen-bond acceptors (Lipinski definition) is 1. The van der Waals surface area contributed by atoms with Crippen molar-refractivity contribution in [3.05, 3.63) is 29.1 Å². The van der Waals surface area contributed by atoms with Crippen LogP contribution >= 0.6 is 0 Å². The maximum atomic E-state index is 4.74. The van der Waals surface area contributed by atoms with Gasteiger partial charge in [0.2, 0.25) is 0 Å². The van der Waals surface area contributed by atoms with Crippen LogP contribution in [0.5, 0.6) is 0 Å². The predicted octanol–water partition coefficient (Wildman–Crippen LogP) is 4.17. The van der Waals surface area contributed by atoms with Crippen LogP contribution in [0.3, 0.4) is 0 Å². The van der Waals surface area contributed by atoms with Crippen LogP contribution in [0.2, 0.25) is 0 Å². The first-order valence-corrected chi connectivity index (χ1v) is 6.69. The van der Waals surface area contributed by atoms with Crippen molar-refractivity contribution in [1.29, 1.82) is 0 Å². The minimum atomic E-state index is 0.434. The number of aromatic nitrogens is 1. The van der Waals surface area contributed by atoms with Gasteiger partial charge in [0.25, 0.3) is 0 Å². The Morgan fingerprint density at radius 3 is 2.81 bits per heavy atom. The molecule has 1 heterocycles. The fraction of sp³-hybridized carbons (Fsp3) is 0.667. The summed E-state index contributed by atoms with van der Waals surface area (Å²) in [6.07, 6.45) is 7.72. The van der Waals surface area contributed by atoms with Crippen molar-refractivity contribution >= 4 is 0 Å². The third-order valence-electron chi connectivity index (χ3n) is 4.16. The normalized spacial score (nSPS) is 24.2. The summed E-state index contributed by atoms with van der Waals surface area (Å²) < 4.78 is 0. The Hall–Kier alpha value is -0.850. The molecule has 0 saturated carbocycles. The van der Waals surface area contributed by atoms with Gasteiger partial charge < -0.3 is 0 Å². The van der Waals surface area contributed by atoms with Crippen LogP contribution in [0, 0.1) is 6.92 Å². The lowest BCUT2D eigenvalue weighted by molar-refractivity contribution is 0.316. The van der Waals surface area contributed by atoms with Crippen LogP contribution in [0.25, 0.3) is 0 Å². The van der Waals surface area contributed by atoms with Crippen molar-refractivity contribution in [2.24, 2.45) is 0 Å². The van der Waals surface area contributed by atoms with Crippen LogP contribution in [0.15, 0.2) is 12.1 Å². The molecular formula is C15H23N. The minimum Gasteiger partial charge on any atom is -0.258 e. The second kappa shape index (κ2) is 4.57. The van der Waals surface area contributed by atoms with E-state index in [4.69, 9.17) is 4.98 Å². The highest BCUT2D eigenvalue weighted by Gasteiger charge is 2.34. The lowest BCUT2D eigenvalue weighted by Crippen LogP contribution is -2.31. The van der Waals surface area contributed by atoms with Crippen LogP contribution in [0.1, 0.15) is 62.9 Å². The molecule has 0 aromatic carbocycles. The molecule has 1 nitrogen and oxygen atoms in total. The van der Waals surface area contributed by atoms with E-state index >= 15 is 0 Å². The molecule has 0 unspecified atom stereocenters. The second-order valence-electron chi connectivity index (χ2n) is 5.18. The largest absolute Gasteiger partial charge is 0.258 e. The summed E-state index contributed by atoms with van der Waals surface area (Å²) in [5.74, 6) is 0. The van der Waals surface area contributed by atoms with E-state index < -0.39 is 0 Å². The van der Waals surface area contributed by atoms with E-state index in [9.17, 15) is 0 Å². The zero-order valence-corrected chi connectivity index (χ0v) is 10.8. The smallest absolute Gasteiger partial charge is 0.0444 e. The maximum Gasteiger partial charge on any atom is 0.0444 e. The Morgan fingerprint density at radius 2 is 2.12 bits per heavy atom. The van der Waals surface area contributed by atoms with E-state index in [0.717, 1.165) is 0 Å². The van der Waals surface area contributed by atoms with Crippen molar-refractivity contribution < 1.29 is 0 Å². The highest BCUT2D eigenvalue weighted by molar-refractivity contribution is 5.33. The Bertz CT molecular complexity index is 370. The summed E-state index contributed by atoms with van der Waals surface area (Å²) in [6, 6.07) is 4.53. The van der Waals surface area contributed by atoms with Crippen LogP contribution in [0.4, 0.5) is 0 Å². The summed E-state index contributed by atoms with van der Waals surface area (Å²) >= 11 is 0. The maximum absolute atomic E-state index is 4.74. The van der Waals surface area contributed by atoms with Crippen molar-refractivity contribution in [2.45, 2.75) is 64.7 Å². The topological polar surface area (TPSA) is 12.9 Å². The molecule has 0 bridgehead atoms. The van der Waals surface area contributed by atoms with Gasteiger partial charge >= 0.3 is 0 Å². The molecule has 88 valence electrons. The molecule has 1 heteroatoms. The number of rotatable bonds is 3. The number of hydrogen-bond donors (Lipinski definition) is 0. The fourth-order valence-electron chi connectivity index (χ4n) is 3.30. The van der Waals surface area contributed by atoms with Crippen molar-refractivity contribution in [3.63, 3.8) is 0 Å². The number of fused-ring (bicyclic) bond motifs is 1. The van der Waals surface area contributed by atoms with Crippen LogP contribution < -0.4 is 0 Å². The summed E-state index contributed by atoms with van der Waals surface area (Å²) in [5, 5.41) is 0. The van der Waals surface area contributed by atoms with Gasteiger partial charge in [-0.25, -0.2) is 0 Å². The quantitative estimate of drug-likeness (QED) is 0.740. The second-order valence-corrected chi connectivity index (χ2v) is 5.18. The lowest BCUT2D eigenvalue weighted by atomic mass is 9.67. The number of nitrogens with zero attached hydrogens (tertiary/aromatic N) is 1. The van der Waals surface area contributed by atoms with E-state index in [1.165, 1.54) is 49.9 Å². The van der Waals surface area contributed by atoms with Gasteiger partial charge in [-0.15, -0.1) is 0 Å². The van der Waals surface area contributed by atoms with Crippen molar-refractivity contribution in [3.8, 4) is 0 Å². The van der Waals surface area contributed by atoms with Gasteiger partial charge in [0, 0.05) is 11.4 Å². The first-order chi connectivity index (χ1) is 7.72. The van der Waals surface area contributed by atoms with Crippen molar-refractivity contribution in [2.75, 3.05) is 0 Å². The zero-order chi connectivity index (χ0) is 11.6. The highest BCUT2D eigenvalue weighted by Crippen LogP contribution is 2.42. The highest BCUT2D eigenvalue weighted by atomic mass is 14.7. The Morgan fingerprint density at radius 1 is 1.31 bits per heavy atom. The molecule has 2 rings (SSSR count). The van der Waals surface area contributed by atoms with E-state index in [0.29, 0.717) is 5.41 Å². The first kappa shape index (κ1) is 11.6. The molecule has 16 heavy (non-hydrogen) atoms. The Kier molecular flexibility index (Phi) is 3.32. The molecule has 1 aromatic rings. The standard InChI is InChI=1S/C15H23N/c1-4-10-15(5-2)11-6-7-14-13(15)9-8-12(3)16-14/h8-9H,4-7,10-11H2,1-3H3/t15-/m1/s1. The van der Waals surface area contributed by atoms with Gasteiger partial charge in [0.15, 0.2) is 0 Å². The Labute approximate surface area is 99.3 Å². The average molecular weight is 217 g/mol. The van der Waals surface area contributed by atoms with E-state index in [2.05, 4.69) is 32.9 Å². The molecule has 0 aliphatic heterocycles. The van der Waals surface area contributed by atoms with Crippen molar-refractivity contribution in [1.82, 2.24) is 4.98 Å². The summed E-state index contributed by atoms with van der Waals surface area (Å²) in [4.78, 5) is 4.74. The SMILES string of the molecule is CCC[C@]1(CC)CCCc2nc(C)ccc21. The third kappa shape index (κ3) is 1.88. The average Bonchev–Trinajstić information content (AvgIpc) is 2.29. The summed E-state index contributed by atoms with van der Waals surface area (Å²) in [6.45, 7) is 6.74. The van der Waals surface area contributed by atoms with E-state index in [1.54, 1.807) is 5.56 Å². The molecule has 0 spiro atoms. The molecule has 0 fully saturated rings. The molecule has 1 aromatic heterocycles. The minimum absolute atomic E-state index is 0.434. The fourth-order valence-corrected chi connectivity index (χ4v) is 3.30. The van der Waals surface area contributed by atoms with Crippen LogP contribution in [-0.4, -0.2) is 4.98 Å².